The highest BCUT2D eigenvalue weighted by Gasteiger charge is 2.31. The monoisotopic (exact) mass is 239 g/mol. The predicted octanol–water partition coefficient (Wildman–Crippen LogP) is 3.52. The summed E-state index contributed by atoms with van der Waals surface area (Å²) in [5.41, 5.74) is 6.60. The molecular weight excluding hydrogens is 228 g/mol. The van der Waals surface area contributed by atoms with Crippen LogP contribution in [-0.4, -0.2) is 0 Å². The van der Waals surface area contributed by atoms with Gasteiger partial charge in [-0.3, -0.25) is 0 Å². The van der Waals surface area contributed by atoms with E-state index in [0.29, 0.717) is 22.5 Å². The molecule has 0 saturated heterocycles. The summed E-state index contributed by atoms with van der Waals surface area (Å²) in [6.07, 6.45) is 2.13. The predicted molar refractivity (Wildman–Crippen MR) is 61.6 cm³/mol. The molecule has 2 aromatic rings. The molecule has 84 valence electrons. The van der Waals surface area contributed by atoms with Crippen LogP contribution < -0.4 is 5.73 Å². The molecule has 2 N–H and O–H groups in total. The third-order valence-electron chi connectivity index (χ3n) is 3.02. The molecule has 0 amide bonds. The van der Waals surface area contributed by atoms with E-state index in [9.17, 15) is 8.78 Å². The van der Waals surface area contributed by atoms with Gasteiger partial charge in [-0.2, -0.15) is 0 Å². The summed E-state index contributed by atoms with van der Waals surface area (Å²) < 4.78 is 27.8. The van der Waals surface area contributed by atoms with E-state index in [1.54, 1.807) is 0 Å². The Morgan fingerprint density at radius 2 is 1.94 bits per heavy atom. The number of hydrogen-bond acceptors (Lipinski definition) is 2. The molecule has 0 unspecified atom stereocenters. The van der Waals surface area contributed by atoms with Gasteiger partial charge in [-0.25, -0.2) is 8.78 Å². The van der Waals surface area contributed by atoms with Crippen molar-refractivity contribution in [2.75, 3.05) is 0 Å². The van der Waals surface area contributed by atoms with E-state index in [-0.39, 0.29) is 11.6 Å². The Morgan fingerprint density at radius 1 is 1.25 bits per heavy atom. The van der Waals surface area contributed by atoms with Gasteiger partial charge < -0.3 is 5.73 Å². The number of nitrogens with two attached hydrogens (primary N) is 1. The maximum absolute atomic E-state index is 13.8. The Labute approximate surface area is 95.9 Å². The molecule has 1 heterocycles. The van der Waals surface area contributed by atoms with Crippen LogP contribution in [0, 0.1) is 11.6 Å². The van der Waals surface area contributed by atoms with E-state index in [2.05, 4.69) is 0 Å². The molecule has 1 fully saturated rings. The molecular formula is C12H11F2NS. The van der Waals surface area contributed by atoms with Crippen LogP contribution >= 0.6 is 11.3 Å². The van der Waals surface area contributed by atoms with E-state index in [4.69, 9.17) is 5.73 Å². The van der Waals surface area contributed by atoms with Gasteiger partial charge in [0, 0.05) is 16.8 Å². The van der Waals surface area contributed by atoms with Crippen molar-refractivity contribution < 1.29 is 8.78 Å². The first-order chi connectivity index (χ1) is 7.72. The fourth-order valence-electron chi connectivity index (χ4n) is 2.16. The zero-order valence-corrected chi connectivity index (χ0v) is 9.41. The van der Waals surface area contributed by atoms with Gasteiger partial charge in [-0.1, -0.05) is 0 Å². The third-order valence-corrected chi connectivity index (χ3v) is 4.26. The second kappa shape index (κ2) is 3.50. The smallest absolute Gasteiger partial charge is 0.141 e. The van der Waals surface area contributed by atoms with Gasteiger partial charge in [0.05, 0.1) is 4.70 Å². The molecule has 1 aromatic heterocycles. The number of rotatable bonds is 2. The van der Waals surface area contributed by atoms with E-state index >= 15 is 0 Å². The molecule has 1 saturated carbocycles. The maximum Gasteiger partial charge on any atom is 0.141 e. The quantitative estimate of drug-likeness (QED) is 0.852. The minimum Gasteiger partial charge on any atom is -0.326 e. The van der Waals surface area contributed by atoms with Crippen molar-refractivity contribution in [1.82, 2.24) is 0 Å². The van der Waals surface area contributed by atoms with Gasteiger partial charge in [0.25, 0.3) is 0 Å². The largest absolute Gasteiger partial charge is 0.326 e. The molecule has 0 radical (unpaired) electrons. The molecule has 1 aromatic carbocycles. The fourth-order valence-corrected chi connectivity index (χ4v) is 3.34. The van der Waals surface area contributed by atoms with Crippen molar-refractivity contribution in [3.8, 4) is 0 Å². The Kier molecular flexibility index (Phi) is 2.23. The van der Waals surface area contributed by atoms with Gasteiger partial charge in [-0.05, 0) is 36.5 Å². The molecule has 3 rings (SSSR count). The molecule has 0 aliphatic heterocycles. The minimum absolute atomic E-state index is 0.325. The SMILES string of the molecule is NCc1sc2c(F)ccc(F)c2c1C1CC1. The highest BCUT2D eigenvalue weighted by molar-refractivity contribution is 7.19. The van der Waals surface area contributed by atoms with E-state index in [0.717, 1.165) is 23.3 Å². The highest BCUT2D eigenvalue weighted by Crippen LogP contribution is 2.48. The summed E-state index contributed by atoms with van der Waals surface area (Å²) in [4.78, 5) is 0.932. The lowest BCUT2D eigenvalue weighted by molar-refractivity contribution is 0.618. The van der Waals surface area contributed by atoms with Crippen LogP contribution in [0.15, 0.2) is 12.1 Å². The maximum atomic E-state index is 13.8. The van der Waals surface area contributed by atoms with Crippen molar-refractivity contribution in [2.45, 2.75) is 25.3 Å². The lowest BCUT2D eigenvalue weighted by atomic mass is 10.1. The summed E-state index contributed by atoms with van der Waals surface area (Å²) in [7, 11) is 0. The van der Waals surface area contributed by atoms with E-state index < -0.39 is 0 Å². The third kappa shape index (κ3) is 1.37. The molecule has 0 atom stereocenters. The molecule has 4 heteroatoms. The lowest BCUT2D eigenvalue weighted by Crippen LogP contribution is -1.96. The van der Waals surface area contributed by atoms with Crippen molar-refractivity contribution in [1.29, 1.82) is 0 Å². The first-order valence-corrected chi connectivity index (χ1v) is 6.13. The van der Waals surface area contributed by atoms with Crippen molar-refractivity contribution in [2.24, 2.45) is 5.73 Å². The summed E-state index contributed by atoms with van der Waals surface area (Å²) in [6.45, 7) is 0.365. The summed E-state index contributed by atoms with van der Waals surface area (Å²) in [5, 5.41) is 0.466. The van der Waals surface area contributed by atoms with Crippen LogP contribution in [0.5, 0.6) is 0 Å². The zero-order valence-electron chi connectivity index (χ0n) is 8.59. The van der Waals surface area contributed by atoms with Gasteiger partial charge >= 0.3 is 0 Å². The average molecular weight is 239 g/mol. The number of halogens is 2. The zero-order chi connectivity index (χ0) is 11.3. The van der Waals surface area contributed by atoms with Crippen molar-refractivity contribution in [3.63, 3.8) is 0 Å². The number of thiophene rings is 1. The Bertz CT molecular complexity index is 558. The molecule has 1 nitrogen and oxygen atoms in total. The van der Waals surface area contributed by atoms with Crippen LogP contribution in [-0.2, 0) is 6.54 Å². The van der Waals surface area contributed by atoms with Gasteiger partial charge in [-0.15, -0.1) is 11.3 Å². The van der Waals surface area contributed by atoms with Crippen molar-refractivity contribution >= 4 is 21.4 Å². The topological polar surface area (TPSA) is 26.0 Å². The van der Waals surface area contributed by atoms with E-state index in [1.165, 1.54) is 23.5 Å². The molecule has 0 spiro atoms. The normalized spacial score (nSPS) is 15.9. The molecule has 0 bridgehead atoms. The minimum atomic E-state index is -0.344. The van der Waals surface area contributed by atoms with Gasteiger partial charge in [0.2, 0.25) is 0 Å². The summed E-state index contributed by atoms with van der Waals surface area (Å²) in [6, 6.07) is 2.39. The van der Waals surface area contributed by atoms with Crippen LogP contribution in [0.25, 0.3) is 10.1 Å². The highest BCUT2D eigenvalue weighted by atomic mass is 32.1. The molecule has 1 aliphatic carbocycles. The summed E-state index contributed by atoms with van der Waals surface area (Å²) in [5.74, 6) is -0.277. The summed E-state index contributed by atoms with van der Waals surface area (Å²) >= 11 is 1.29. The van der Waals surface area contributed by atoms with Gasteiger partial charge in [0.1, 0.15) is 11.6 Å². The first kappa shape index (κ1) is 10.2. The standard InChI is InChI=1S/C12H11F2NS/c13-7-3-4-8(14)12-11(7)10(6-1-2-6)9(5-15)16-12/h3-4,6H,1-2,5,15H2. The second-order valence-corrected chi connectivity index (χ2v) is 5.26. The van der Waals surface area contributed by atoms with Crippen LogP contribution in [0.3, 0.4) is 0 Å². The average Bonchev–Trinajstić information content (AvgIpc) is 3.03. The fraction of sp³-hybridized carbons (Fsp3) is 0.333. The number of hydrogen-bond donors (Lipinski definition) is 1. The van der Waals surface area contributed by atoms with Crippen LogP contribution in [0.2, 0.25) is 0 Å². The van der Waals surface area contributed by atoms with Crippen molar-refractivity contribution in [3.05, 3.63) is 34.2 Å². The second-order valence-electron chi connectivity index (χ2n) is 4.15. The molecule has 1 aliphatic rings. The van der Waals surface area contributed by atoms with Crippen LogP contribution in [0.4, 0.5) is 8.78 Å². The Morgan fingerprint density at radius 3 is 2.56 bits per heavy atom. The van der Waals surface area contributed by atoms with E-state index in [1.807, 2.05) is 0 Å². The number of benzene rings is 1. The van der Waals surface area contributed by atoms with Crippen LogP contribution in [0.1, 0.15) is 29.2 Å². The molecule has 16 heavy (non-hydrogen) atoms. The lowest BCUT2D eigenvalue weighted by Gasteiger charge is -2.00. The first-order valence-electron chi connectivity index (χ1n) is 5.31. The Balaban J connectivity index is 2.39. The number of fused-ring (bicyclic) bond motifs is 1. The van der Waals surface area contributed by atoms with Gasteiger partial charge in [0.15, 0.2) is 0 Å². The Hall–Kier alpha value is -1.00.